The summed E-state index contributed by atoms with van der Waals surface area (Å²) in [7, 11) is -3.56. The van der Waals surface area contributed by atoms with E-state index in [0.29, 0.717) is 24.6 Å². The van der Waals surface area contributed by atoms with Crippen LogP contribution in [0.4, 0.5) is 5.69 Å². The molecule has 0 bridgehead atoms. The predicted molar refractivity (Wildman–Crippen MR) is 125 cm³/mol. The summed E-state index contributed by atoms with van der Waals surface area (Å²) >= 11 is 0. The van der Waals surface area contributed by atoms with Crippen LogP contribution in [-0.4, -0.2) is 43.0 Å². The van der Waals surface area contributed by atoms with Crippen molar-refractivity contribution in [1.29, 1.82) is 0 Å². The molecule has 1 aliphatic rings. The zero-order valence-corrected chi connectivity index (χ0v) is 19.5. The Morgan fingerprint density at radius 1 is 1.15 bits per heavy atom. The summed E-state index contributed by atoms with van der Waals surface area (Å²) in [6, 6.07) is 15.0. The van der Waals surface area contributed by atoms with Gasteiger partial charge in [0.1, 0.15) is 5.75 Å². The van der Waals surface area contributed by atoms with Crippen molar-refractivity contribution in [3.05, 3.63) is 60.3 Å². The smallest absolute Gasteiger partial charge is 0.277 e. The van der Waals surface area contributed by atoms with E-state index in [1.165, 1.54) is 12.1 Å². The van der Waals surface area contributed by atoms with Crippen LogP contribution in [0, 0.1) is 0 Å². The van der Waals surface area contributed by atoms with E-state index in [9.17, 15) is 13.2 Å². The minimum absolute atomic E-state index is 0.0140. The van der Waals surface area contributed by atoms with Crippen LogP contribution in [0.15, 0.2) is 64.0 Å². The van der Waals surface area contributed by atoms with E-state index in [2.05, 4.69) is 10.5 Å². The molecule has 0 radical (unpaired) electrons. The number of aromatic nitrogens is 1. The van der Waals surface area contributed by atoms with Gasteiger partial charge in [-0.3, -0.25) is 4.79 Å². The first kappa shape index (κ1) is 23.0. The van der Waals surface area contributed by atoms with Crippen molar-refractivity contribution < 1.29 is 22.5 Å². The van der Waals surface area contributed by atoms with E-state index < -0.39 is 15.9 Å². The molecule has 9 heteroatoms. The van der Waals surface area contributed by atoms with Gasteiger partial charge >= 0.3 is 0 Å². The molecule has 1 saturated heterocycles. The molecule has 0 saturated carbocycles. The quantitative estimate of drug-likeness (QED) is 0.544. The minimum atomic E-state index is -3.56. The Morgan fingerprint density at radius 2 is 1.88 bits per heavy atom. The van der Waals surface area contributed by atoms with Crippen molar-refractivity contribution in [2.24, 2.45) is 0 Å². The molecule has 174 valence electrons. The van der Waals surface area contributed by atoms with Crippen molar-refractivity contribution in [2.45, 2.75) is 44.0 Å². The van der Waals surface area contributed by atoms with Gasteiger partial charge < -0.3 is 14.6 Å². The van der Waals surface area contributed by atoms with Crippen molar-refractivity contribution in [3.63, 3.8) is 0 Å². The van der Waals surface area contributed by atoms with Crippen LogP contribution in [-0.2, 0) is 10.0 Å². The van der Waals surface area contributed by atoms with Crippen LogP contribution in [0.25, 0.3) is 11.3 Å². The predicted octanol–water partition coefficient (Wildman–Crippen LogP) is 4.56. The summed E-state index contributed by atoms with van der Waals surface area (Å²) in [4.78, 5) is 12.8. The minimum Gasteiger partial charge on any atom is -0.494 e. The zero-order chi connectivity index (χ0) is 23.4. The fourth-order valence-corrected chi connectivity index (χ4v) is 5.57. The Bertz CT molecular complexity index is 1200. The molecule has 0 unspecified atom stereocenters. The van der Waals surface area contributed by atoms with E-state index in [4.69, 9.17) is 9.26 Å². The third kappa shape index (κ3) is 5.09. The second-order valence-electron chi connectivity index (χ2n) is 7.97. The summed E-state index contributed by atoms with van der Waals surface area (Å²) in [5, 5.41) is 6.58. The van der Waals surface area contributed by atoms with E-state index in [1.54, 1.807) is 22.5 Å². The van der Waals surface area contributed by atoms with Crippen LogP contribution < -0.4 is 10.1 Å². The van der Waals surface area contributed by atoms with Crippen LogP contribution in [0.3, 0.4) is 0 Å². The molecule has 1 fully saturated rings. The summed E-state index contributed by atoms with van der Waals surface area (Å²) in [6.07, 6.45) is 2.78. The maximum Gasteiger partial charge on any atom is 0.277 e. The lowest BCUT2D eigenvalue weighted by Crippen LogP contribution is -2.41. The Labute approximate surface area is 193 Å². The highest BCUT2D eigenvalue weighted by Crippen LogP contribution is 2.27. The number of hydrogen-bond donors (Lipinski definition) is 1. The molecule has 1 N–H and O–H groups in total. The monoisotopic (exact) mass is 469 g/mol. The number of amides is 1. The van der Waals surface area contributed by atoms with Crippen LogP contribution in [0.2, 0.25) is 0 Å². The van der Waals surface area contributed by atoms with E-state index in [0.717, 1.165) is 30.6 Å². The average Bonchev–Trinajstić information content (AvgIpc) is 3.31. The van der Waals surface area contributed by atoms with E-state index in [1.807, 2.05) is 38.1 Å². The van der Waals surface area contributed by atoms with Crippen LogP contribution in [0.5, 0.6) is 5.75 Å². The van der Waals surface area contributed by atoms with Gasteiger partial charge in [0.2, 0.25) is 10.0 Å². The molecule has 4 rings (SSSR count). The first-order valence-electron chi connectivity index (χ1n) is 11.0. The molecule has 0 spiro atoms. The first-order valence-corrected chi connectivity index (χ1v) is 12.5. The lowest BCUT2D eigenvalue weighted by molar-refractivity contribution is 0.101. The number of hydrogen-bond acceptors (Lipinski definition) is 6. The fraction of sp³-hybridized carbons (Fsp3) is 0.333. The maximum absolute atomic E-state index is 13.0. The van der Waals surface area contributed by atoms with Crippen molar-refractivity contribution in [1.82, 2.24) is 9.46 Å². The van der Waals surface area contributed by atoms with Gasteiger partial charge in [0.25, 0.3) is 5.91 Å². The number of ether oxygens (including phenoxy) is 1. The largest absolute Gasteiger partial charge is 0.494 e. The summed E-state index contributed by atoms with van der Waals surface area (Å²) in [5.41, 5.74) is 1.36. The molecular weight excluding hydrogens is 442 g/mol. The lowest BCUT2D eigenvalue weighted by atomic mass is 10.1. The van der Waals surface area contributed by atoms with Gasteiger partial charge in [-0.05, 0) is 75.2 Å². The number of carbonyl (C=O) groups is 1. The molecule has 1 amide bonds. The van der Waals surface area contributed by atoms with Crippen molar-refractivity contribution >= 4 is 21.6 Å². The molecule has 1 aliphatic heterocycles. The number of benzene rings is 2. The van der Waals surface area contributed by atoms with Gasteiger partial charge in [0, 0.05) is 29.9 Å². The molecule has 1 aromatic heterocycles. The highest BCUT2D eigenvalue weighted by molar-refractivity contribution is 7.89. The molecule has 2 aromatic carbocycles. The number of nitrogens with zero attached hydrogens (tertiary/aromatic N) is 2. The Kier molecular flexibility index (Phi) is 6.80. The van der Waals surface area contributed by atoms with Crippen molar-refractivity contribution in [2.75, 3.05) is 18.5 Å². The topological polar surface area (TPSA) is 102 Å². The Balaban J connectivity index is 1.43. The van der Waals surface area contributed by atoms with Crippen molar-refractivity contribution in [3.8, 4) is 17.1 Å². The van der Waals surface area contributed by atoms with Gasteiger partial charge in [-0.1, -0.05) is 11.6 Å². The van der Waals surface area contributed by atoms with Gasteiger partial charge in [0.05, 0.1) is 11.5 Å². The normalized spacial score (nSPS) is 17.0. The summed E-state index contributed by atoms with van der Waals surface area (Å²) < 4.78 is 38.2. The average molecular weight is 470 g/mol. The second kappa shape index (κ2) is 9.76. The molecule has 8 nitrogen and oxygen atoms in total. The second-order valence-corrected chi connectivity index (χ2v) is 9.86. The summed E-state index contributed by atoms with van der Waals surface area (Å²) in [5.74, 6) is 0.760. The number of anilines is 1. The zero-order valence-electron chi connectivity index (χ0n) is 18.7. The highest BCUT2D eigenvalue weighted by atomic mass is 32.2. The Morgan fingerprint density at radius 3 is 2.55 bits per heavy atom. The fourth-order valence-electron chi connectivity index (χ4n) is 3.87. The van der Waals surface area contributed by atoms with Crippen LogP contribution in [0.1, 0.15) is 43.6 Å². The van der Waals surface area contributed by atoms with Gasteiger partial charge in [0.15, 0.2) is 11.5 Å². The maximum atomic E-state index is 13.0. The number of nitrogens with one attached hydrogen (secondary N) is 1. The molecule has 0 aliphatic carbocycles. The van der Waals surface area contributed by atoms with Crippen LogP contribution >= 0.6 is 0 Å². The van der Waals surface area contributed by atoms with Gasteiger partial charge in [-0.15, -0.1) is 0 Å². The van der Waals surface area contributed by atoms with Gasteiger partial charge in [-0.2, -0.15) is 4.31 Å². The number of piperidine rings is 1. The number of rotatable bonds is 7. The highest BCUT2D eigenvalue weighted by Gasteiger charge is 2.30. The first-order chi connectivity index (χ1) is 15.9. The SMILES string of the molecule is CCOc1ccc(-c2cc(C(=O)Nc3ccc(S(=O)(=O)N4CCCC[C@H]4C)cc3)no2)cc1. The Hall–Kier alpha value is -3.17. The standard InChI is InChI=1S/C24H27N3O5S/c1-3-31-20-11-7-18(8-12-20)23-16-22(26-32-23)24(28)25-19-9-13-21(14-10-19)33(29,30)27-15-5-4-6-17(27)2/h7-14,16-17H,3-6,15H2,1-2H3,(H,25,28)/t17-/m1/s1. The number of carbonyl (C=O) groups excluding carboxylic acids is 1. The molecule has 3 aromatic rings. The van der Waals surface area contributed by atoms with E-state index in [-0.39, 0.29) is 16.6 Å². The lowest BCUT2D eigenvalue weighted by Gasteiger charge is -2.32. The third-order valence-electron chi connectivity index (χ3n) is 5.65. The third-order valence-corrected chi connectivity index (χ3v) is 7.68. The van der Waals surface area contributed by atoms with Gasteiger partial charge in [-0.25, -0.2) is 8.42 Å². The molecule has 33 heavy (non-hydrogen) atoms. The molecular formula is C24H27N3O5S. The molecule has 2 heterocycles. The number of sulfonamides is 1. The summed E-state index contributed by atoms with van der Waals surface area (Å²) in [6.45, 7) is 4.96. The van der Waals surface area contributed by atoms with E-state index >= 15 is 0 Å². The molecule has 1 atom stereocenters.